The molecule has 1 saturated heterocycles. The average molecular weight is 521 g/mol. The number of hydrogen-bond acceptors (Lipinski definition) is 9. The molecule has 0 spiro atoms. The summed E-state index contributed by atoms with van der Waals surface area (Å²) < 4.78 is 23.0. The molecule has 0 bridgehead atoms. The number of carbonyl (C=O) groups excluding carboxylic acids is 2. The number of anilines is 2. The van der Waals surface area contributed by atoms with Crippen LogP contribution in [0.1, 0.15) is 30.1 Å². The van der Waals surface area contributed by atoms with Gasteiger partial charge in [-0.2, -0.15) is 5.10 Å². The van der Waals surface area contributed by atoms with Crippen molar-refractivity contribution in [3.05, 3.63) is 64.6 Å². The fraction of sp³-hybridized carbons (Fsp3) is 0.333. The van der Waals surface area contributed by atoms with Crippen LogP contribution in [0, 0.1) is 5.92 Å². The van der Waals surface area contributed by atoms with Crippen molar-refractivity contribution in [2.24, 2.45) is 13.0 Å². The fourth-order valence-electron chi connectivity index (χ4n) is 4.45. The predicted molar refractivity (Wildman–Crippen MR) is 137 cm³/mol. The Morgan fingerprint density at radius 2 is 2.00 bits per heavy atom. The number of esters is 1. The highest BCUT2D eigenvalue weighted by Gasteiger charge is 2.30. The van der Waals surface area contributed by atoms with E-state index >= 15 is 0 Å². The number of nitrogens with one attached hydrogen (secondary N) is 1. The van der Waals surface area contributed by atoms with Crippen LogP contribution in [0.25, 0.3) is 0 Å². The van der Waals surface area contributed by atoms with Gasteiger partial charge < -0.3 is 29.2 Å². The van der Waals surface area contributed by atoms with E-state index in [1.807, 2.05) is 0 Å². The molecule has 1 aromatic heterocycles. The van der Waals surface area contributed by atoms with Crippen molar-refractivity contribution < 1.29 is 28.5 Å². The minimum absolute atomic E-state index is 0.134. The summed E-state index contributed by atoms with van der Waals surface area (Å²) in [4.78, 5) is 40.1. The Hall–Kier alpha value is -4.54. The van der Waals surface area contributed by atoms with E-state index < -0.39 is 5.56 Å². The van der Waals surface area contributed by atoms with E-state index in [1.54, 1.807) is 54.3 Å². The first-order valence-corrected chi connectivity index (χ1v) is 12.4. The number of amides is 1. The summed E-state index contributed by atoms with van der Waals surface area (Å²) >= 11 is 0. The molecule has 0 saturated carbocycles. The Labute approximate surface area is 218 Å². The van der Waals surface area contributed by atoms with Gasteiger partial charge in [-0.25, -0.2) is 4.68 Å². The predicted octanol–water partition coefficient (Wildman–Crippen LogP) is 3.46. The van der Waals surface area contributed by atoms with Crippen molar-refractivity contribution in [2.45, 2.75) is 19.8 Å². The first kappa shape index (κ1) is 25.1. The summed E-state index contributed by atoms with van der Waals surface area (Å²) in [6.45, 7) is 3.09. The maximum absolute atomic E-state index is 13.3. The first-order chi connectivity index (χ1) is 18.4. The molecule has 1 N–H and O–H groups in total. The van der Waals surface area contributed by atoms with Gasteiger partial charge in [0, 0.05) is 37.5 Å². The van der Waals surface area contributed by atoms with E-state index in [1.165, 1.54) is 17.9 Å². The molecule has 1 unspecified atom stereocenters. The third-order valence-corrected chi connectivity index (χ3v) is 6.38. The van der Waals surface area contributed by atoms with Crippen LogP contribution in [-0.4, -0.2) is 53.0 Å². The lowest BCUT2D eigenvalue weighted by Crippen LogP contribution is -2.42. The lowest BCUT2D eigenvalue weighted by Gasteiger charge is -2.31. The molecule has 11 nitrogen and oxygen atoms in total. The molecule has 2 aliphatic heterocycles. The molecule has 0 aliphatic carbocycles. The van der Waals surface area contributed by atoms with Crippen LogP contribution in [0.2, 0.25) is 0 Å². The van der Waals surface area contributed by atoms with Crippen LogP contribution in [0.3, 0.4) is 0 Å². The molecule has 198 valence electrons. The van der Waals surface area contributed by atoms with E-state index in [9.17, 15) is 14.4 Å². The quantitative estimate of drug-likeness (QED) is 0.467. The minimum Gasteiger partial charge on any atom is -0.466 e. The van der Waals surface area contributed by atoms with E-state index in [-0.39, 0.29) is 36.0 Å². The number of ether oxygens (including phenoxy) is 4. The average Bonchev–Trinajstić information content (AvgIpc) is 3.41. The summed E-state index contributed by atoms with van der Waals surface area (Å²) in [5, 5.41) is 7.17. The van der Waals surface area contributed by atoms with Crippen molar-refractivity contribution in [1.29, 1.82) is 0 Å². The lowest BCUT2D eigenvalue weighted by molar-refractivity contribution is -0.149. The number of aryl methyl sites for hydroxylation is 1. The highest BCUT2D eigenvalue weighted by molar-refractivity contribution is 5.95. The number of benzene rings is 2. The van der Waals surface area contributed by atoms with Crippen LogP contribution in [0.4, 0.5) is 11.4 Å². The lowest BCUT2D eigenvalue weighted by atomic mass is 9.97. The fourth-order valence-corrected chi connectivity index (χ4v) is 4.45. The van der Waals surface area contributed by atoms with Crippen molar-refractivity contribution in [1.82, 2.24) is 14.7 Å². The highest BCUT2D eigenvalue weighted by Crippen LogP contribution is 2.37. The first-order valence-electron chi connectivity index (χ1n) is 12.4. The molecule has 3 aromatic rings. The number of rotatable bonds is 7. The SMILES string of the molecule is CCOC(=O)C1CCCN(C(=O)c2cccc(Nc3c(Oc4ccc5c(c4)OCO5)cnn(C)c3=O)c2)C1. The second kappa shape index (κ2) is 10.8. The van der Waals surface area contributed by atoms with E-state index in [0.29, 0.717) is 54.6 Å². The minimum atomic E-state index is -0.409. The van der Waals surface area contributed by atoms with Gasteiger partial charge >= 0.3 is 5.97 Å². The topological polar surface area (TPSA) is 121 Å². The van der Waals surface area contributed by atoms with Crippen LogP contribution >= 0.6 is 0 Å². The Kier molecular flexibility index (Phi) is 7.16. The van der Waals surface area contributed by atoms with Gasteiger partial charge in [0.15, 0.2) is 22.9 Å². The van der Waals surface area contributed by atoms with Crippen molar-refractivity contribution in [3.63, 3.8) is 0 Å². The van der Waals surface area contributed by atoms with Crippen LogP contribution in [0.5, 0.6) is 23.0 Å². The number of carbonyl (C=O) groups is 2. The smallest absolute Gasteiger partial charge is 0.310 e. The molecule has 1 fully saturated rings. The Morgan fingerprint density at radius 1 is 1.16 bits per heavy atom. The van der Waals surface area contributed by atoms with E-state index in [0.717, 1.165) is 6.42 Å². The molecular formula is C27H28N4O7. The van der Waals surface area contributed by atoms with Gasteiger partial charge in [-0.1, -0.05) is 6.07 Å². The third-order valence-electron chi connectivity index (χ3n) is 6.38. The molecule has 38 heavy (non-hydrogen) atoms. The van der Waals surface area contributed by atoms with Crippen molar-refractivity contribution >= 4 is 23.3 Å². The molecule has 5 rings (SSSR count). The highest BCUT2D eigenvalue weighted by atomic mass is 16.7. The number of nitrogens with zero attached hydrogens (tertiary/aromatic N) is 3. The summed E-state index contributed by atoms with van der Waals surface area (Å²) in [6.07, 6.45) is 2.86. The van der Waals surface area contributed by atoms with Crippen LogP contribution in [0.15, 0.2) is 53.5 Å². The van der Waals surface area contributed by atoms with Gasteiger partial charge in [-0.05, 0) is 50.1 Å². The Balaban J connectivity index is 1.36. The zero-order chi connectivity index (χ0) is 26.6. The molecule has 2 aliphatic rings. The standard InChI is InChI=1S/C27H28N4O7/c1-3-35-27(34)18-7-5-11-31(15-18)25(32)17-6-4-8-19(12-17)29-24-23(14-28-30(2)26(24)33)38-20-9-10-21-22(13-20)37-16-36-21/h4,6,8-10,12-14,18,29H,3,5,7,11,15-16H2,1-2H3. The summed E-state index contributed by atoms with van der Waals surface area (Å²) in [5.74, 6) is 1.01. The second-order valence-electron chi connectivity index (χ2n) is 8.98. The zero-order valence-electron chi connectivity index (χ0n) is 21.1. The van der Waals surface area contributed by atoms with E-state index in [4.69, 9.17) is 18.9 Å². The Morgan fingerprint density at radius 3 is 2.84 bits per heavy atom. The normalized spacial score (nSPS) is 16.2. The van der Waals surface area contributed by atoms with Crippen molar-refractivity contribution in [2.75, 3.05) is 31.8 Å². The van der Waals surface area contributed by atoms with Gasteiger partial charge in [0.1, 0.15) is 5.75 Å². The van der Waals surface area contributed by atoms with Crippen LogP contribution < -0.4 is 25.1 Å². The maximum atomic E-state index is 13.3. The number of likely N-dealkylation sites (tertiary alicyclic amines) is 1. The summed E-state index contributed by atoms with van der Waals surface area (Å²) in [6, 6.07) is 11.9. The number of aromatic nitrogens is 2. The number of hydrogen-bond donors (Lipinski definition) is 1. The number of piperidine rings is 1. The summed E-state index contributed by atoms with van der Waals surface area (Å²) in [7, 11) is 1.54. The monoisotopic (exact) mass is 520 g/mol. The Bertz CT molecular complexity index is 1420. The third kappa shape index (κ3) is 5.26. The van der Waals surface area contributed by atoms with Gasteiger partial charge in [0.2, 0.25) is 6.79 Å². The van der Waals surface area contributed by atoms with E-state index in [2.05, 4.69) is 10.4 Å². The van der Waals surface area contributed by atoms with Gasteiger partial charge in [0.05, 0.1) is 18.7 Å². The van der Waals surface area contributed by atoms with Crippen molar-refractivity contribution in [3.8, 4) is 23.0 Å². The number of fused-ring (bicyclic) bond motifs is 1. The largest absolute Gasteiger partial charge is 0.466 e. The van der Waals surface area contributed by atoms with Gasteiger partial charge in [0.25, 0.3) is 11.5 Å². The molecule has 11 heteroatoms. The molecule has 1 amide bonds. The second-order valence-corrected chi connectivity index (χ2v) is 8.98. The molecular weight excluding hydrogens is 492 g/mol. The zero-order valence-corrected chi connectivity index (χ0v) is 21.1. The molecule has 2 aromatic carbocycles. The van der Waals surface area contributed by atoms with Crippen LogP contribution in [-0.2, 0) is 16.6 Å². The molecule has 0 radical (unpaired) electrons. The maximum Gasteiger partial charge on any atom is 0.310 e. The molecule has 1 atom stereocenters. The molecule has 3 heterocycles. The van der Waals surface area contributed by atoms with Gasteiger partial charge in [-0.3, -0.25) is 14.4 Å². The summed E-state index contributed by atoms with van der Waals surface area (Å²) in [5.41, 5.74) is 0.704. The van der Waals surface area contributed by atoms with Gasteiger partial charge in [-0.15, -0.1) is 0 Å².